The topological polar surface area (TPSA) is 53.1 Å². The SMILES string of the molecule is COc1cccc(C2CN(C(C)=O)CC2C(=O)N2CCN(c3ccccc3C)CC2)c1. The molecule has 2 aliphatic heterocycles. The lowest BCUT2D eigenvalue weighted by Crippen LogP contribution is -2.51. The maximum absolute atomic E-state index is 13.6. The van der Waals surface area contributed by atoms with Crippen molar-refractivity contribution in [2.24, 2.45) is 5.92 Å². The molecular formula is C25H31N3O3. The first-order valence-electron chi connectivity index (χ1n) is 11.0. The molecule has 0 spiro atoms. The average molecular weight is 422 g/mol. The van der Waals surface area contributed by atoms with Crippen LogP contribution in [0.3, 0.4) is 0 Å². The molecule has 6 nitrogen and oxygen atoms in total. The first-order valence-corrected chi connectivity index (χ1v) is 11.0. The van der Waals surface area contributed by atoms with Gasteiger partial charge in [0, 0.05) is 57.8 Å². The van der Waals surface area contributed by atoms with E-state index in [0.717, 1.165) is 24.4 Å². The first kappa shape index (κ1) is 21.2. The number of methoxy groups -OCH3 is 1. The van der Waals surface area contributed by atoms with Crippen molar-refractivity contribution >= 4 is 17.5 Å². The molecule has 0 N–H and O–H groups in total. The van der Waals surface area contributed by atoms with Gasteiger partial charge in [0.15, 0.2) is 0 Å². The van der Waals surface area contributed by atoms with E-state index in [-0.39, 0.29) is 23.7 Å². The Morgan fingerprint density at radius 3 is 2.35 bits per heavy atom. The normalized spacial score (nSPS) is 21.3. The molecular weight excluding hydrogens is 390 g/mol. The van der Waals surface area contributed by atoms with Gasteiger partial charge in [0.25, 0.3) is 0 Å². The number of carbonyl (C=O) groups is 2. The fourth-order valence-electron chi connectivity index (χ4n) is 4.84. The van der Waals surface area contributed by atoms with E-state index in [9.17, 15) is 9.59 Å². The Hall–Kier alpha value is -3.02. The summed E-state index contributed by atoms with van der Waals surface area (Å²) in [4.78, 5) is 31.8. The summed E-state index contributed by atoms with van der Waals surface area (Å²) in [6.45, 7) is 7.81. The van der Waals surface area contributed by atoms with Crippen molar-refractivity contribution in [3.05, 3.63) is 59.7 Å². The fraction of sp³-hybridized carbons (Fsp3) is 0.440. The minimum absolute atomic E-state index is 0.0131. The Morgan fingerprint density at radius 2 is 1.68 bits per heavy atom. The number of benzene rings is 2. The van der Waals surface area contributed by atoms with Crippen LogP contribution < -0.4 is 9.64 Å². The van der Waals surface area contributed by atoms with E-state index >= 15 is 0 Å². The second kappa shape index (κ2) is 9.00. The van der Waals surface area contributed by atoms with E-state index in [2.05, 4.69) is 36.1 Å². The maximum Gasteiger partial charge on any atom is 0.228 e. The first-order chi connectivity index (χ1) is 15.0. The van der Waals surface area contributed by atoms with Crippen LogP contribution in [0.5, 0.6) is 5.75 Å². The van der Waals surface area contributed by atoms with Gasteiger partial charge < -0.3 is 19.4 Å². The molecule has 2 fully saturated rings. The van der Waals surface area contributed by atoms with E-state index in [1.807, 2.05) is 29.2 Å². The van der Waals surface area contributed by atoms with Crippen molar-refractivity contribution in [1.82, 2.24) is 9.80 Å². The number of rotatable bonds is 4. The molecule has 2 unspecified atom stereocenters. The molecule has 2 aromatic rings. The summed E-state index contributed by atoms with van der Waals surface area (Å²) in [7, 11) is 1.65. The Morgan fingerprint density at radius 1 is 0.935 bits per heavy atom. The molecule has 31 heavy (non-hydrogen) atoms. The zero-order chi connectivity index (χ0) is 22.0. The van der Waals surface area contributed by atoms with Gasteiger partial charge in [-0.15, -0.1) is 0 Å². The van der Waals surface area contributed by atoms with Crippen molar-refractivity contribution < 1.29 is 14.3 Å². The summed E-state index contributed by atoms with van der Waals surface area (Å²) in [5, 5.41) is 0. The van der Waals surface area contributed by atoms with Gasteiger partial charge in [0.2, 0.25) is 11.8 Å². The number of amides is 2. The summed E-state index contributed by atoms with van der Waals surface area (Å²) < 4.78 is 5.38. The molecule has 2 aromatic carbocycles. The number of likely N-dealkylation sites (tertiary alicyclic amines) is 1. The second-order valence-corrected chi connectivity index (χ2v) is 8.51. The van der Waals surface area contributed by atoms with Crippen LogP contribution in [0.25, 0.3) is 0 Å². The van der Waals surface area contributed by atoms with Gasteiger partial charge in [-0.1, -0.05) is 30.3 Å². The van der Waals surface area contributed by atoms with Crippen LogP contribution in [-0.4, -0.2) is 68.0 Å². The van der Waals surface area contributed by atoms with E-state index in [1.54, 1.807) is 18.9 Å². The van der Waals surface area contributed by atoms with Crippen LogP contribution in [0.15, 0.2) is 48.5 Å². The number of carbonyl (C=O) groups excluding carboxylic acids is 2. The third-order valence-corrected chi connectivity index (χ3v) is 6.65. The lowest BCUT2D eigenvalue weighted by molar-refractivity contribution is -0.136. The second-order valence-electron chi connectivity index (χ2n) is 8.51. The summed E-state index contributed by atoms with van der Waals surface area (Å²) in [5.41, 5.74) is 3.56. The molecule has 0 aliphatic carbocycles. The van der Waals surface area contributed by atoms with Gasteiger partial charge in [-0.25, -0.2) is 0 Å². The largest absolute Gasteiger partial charge is 0.497 e. The molecule has 2 amide bonds. The molecule has 164 valence electrons. The quantitative estimate of drug-likeness (QED) is 0.762. The molecule has 2 aliphatic rings. The van der Waals surface area contributed by atoms with Crippen molar-refractivity contribution in [3.8, 4) is 5.75 Å². The van der Waals surface area contributed by atoms with Crippen molar-refractivity contribution in [3.63, 3.8) is 0 Å². The van der Waals surface area contributed by atoms with Gasteiger partial charge in [0.1, 0.15) is 5.75 Å². The Kier molecular flexibility index (Phi) is 6.16. The third kappa shape index (κ3) is 4.38. The van der Waals surface area contributed by atoms with Crippen LogP contribution >= 0.6 is 0 Å². The number of hydrogen-bond donors (Lipinski definition) is 0. The molecule has 0 saturated carbocycles. The highest BCUT2D eigenvalue weighted by Gasteiger charge is 2.41. The lowest BCUT2D eigenvalue weighted by atomic mass is 9.87. The van der Waals surface area contributed by atoms with Gasteiger partial charge >= 0.3 is 0 Å². The fourth-order valence-corrected chi connectivity index (χ4v) is 4.84. The van der Waals surface area contributed by atoms with Crippen LogP contribution in [0, 0.1) is 12.8 Å². The van der Waals surface area contributed by atoms with Gasteiger partial charge in [-0.05, 0) is 36.2 Å². The van der Waals surface area contributed by atoms with Crippen LogP contribution in [0.2, 0.25) is 0 Å². The van der Waals surface area contributed by atoms with E-state index in [0.29, 0.717) is 26.2 Å². The monoisotopic (exact) mass is 421 g/mol. The molecule has 2 saturated heterocycles. The molecule has 2 atom stereocenters. The highest BCUT2D eigenvalue weighted by atomic mass is 16.5. The Labute approximate surface area is 184 Å². The Bertz CT molecular complexity index is 953. The van der Waals surface area contributed by atoms with Crippen LogP contribution in [0.1, 0.15) is 24.0 Å². The number of para-hydroxylation sites is 1. The van der Waals surface area contributed by atoms with E-state index in [4.69, 9.17) is 4.74 Å². The van der Waals surface area contributed by atoms with Crippen molar-refractivity contribution in [1.29, 1.82) is 0 Å². The van der Waals surface area contributed by atoms with Crippen molar-refractivity contribution in [2.45, 2.75) is 19.8 Å². The predicted molar refractivity (Wildman–Crippen MR) is 121 cm³/mol. The zero-order valence-electron chi connectivity index (χ0n) is 18.6. The van der Waals surface area contributed by atoms with Crippen LogP contribution in [-0.2, 0) is 9.59 Å². The lowest BCUT2D eigenvalue weighted by Gasteiger charge is -2.38. The molecule has 0 bridgehead atoms. The molecule has 0 aromatic heterocycles. The highest BCUT2D eigenvalue weighted by Crippen LogP contribution is 2.36. The summed E-state index contributed by atoms with van der Waals surface area (Å²) in [5.74, 6) is 0.715. The summed E-state index contributed by atoms with van der Waals surface area (Å²) in [6, 6.07) is 16.3. The minimum atomic E-state index is -0.221. The molecule has 2 heterocycles. The molecule has 0 radical (unpaired) electrons. The summed E-state index contributed by atoms with van der Waals surface area (Å²) in [6.07, 6.45) is 0. The number of hydrogen-bond acceptors (Lipinski definition) is 4. The number of aryl methyl sites for hydroxylation is 1. The minimum Gasteiger partial charge on any atom is -0.497 e. The van der Waals surface area contributed by atoms with Crippen molar-refractivity contribution in [2.75, 3.05) is 51.3 Å². The zero-order valence-corrected chi connectivity index (χ0v) is 18.6. The molecule has 6 heteroatoms. The number of anilines is 1. The number of ether oxygens (including phenoxy) is 1. The van der Waals surface area contributed by atoms with Crippen LogP contribution in [0.4, 0.5) is 5.69 Å². The number of nitrogens with zero attached hydrogens (tertiary/aromatic N) is 3. The van der Waals surface area contributed by atoms with E-state index < -0.39 is 0 Å². The molecule has 4 rings (SSSR count). The highest BCUT2D eigenvalue weighted by molar-refractivity contribution is 5.83. The van der Waals surface area contributed by atoms with Gasteiger partial charge in [-0.2, -0.15) is 0 Å². The van der Waals surface area contributed by atoms with Gasteiger partial charge in [-0.3, -0.25) is 9.59 Å². The standard InChI is InChI=1S/C25H31N3O3/c1-18-7-4-5-10-24(18)26-11-13-27(14-12-26)25(30)23-17-28(19(2)29)16-22(23)20-8-6-9-21(15-20)31-3/h4-10,15,22-23H,11-14,16-17H2,1-3H3. The Balaban J connectivity index is 1.49. The van der Waals surface area contributed by atoms with Gasteiger partial charge in [0.05, 0.1) is 13.0 Å². The van der Waals surface area contributed by atoms with E-state index in [1.165, 1.54) is 11.3 Å². The predicted octanol–water partition coefficient (Wildman–Crippen LogP) is 2.91. The summed E-state index contributed by atoms with van der Waals surface area (Å²) >= 11 is 0. The smallest absolute Gasteiger partial charge is 0.228 e. The third-order valence-electron chi connectivity index (χ3n) is 6.65. The average Bonchev–Trinajstić information content (AvgIpc) is 3.25. The maximum atomic E-state index is 13.6. The number of piperazine rings is 1.